The molecule has 0 saturated heterocycles. The zero-order chi connectivity index (χ0) is 16.4. The summed E-state index contributed by atoms with van der Waals surface area (Å²) >= 11 is 0. The highest BCUT2D eigenvalue weighted by Crippen LogP contribution is 2.05. The summed E-state index contributed by atoms with van der Waals surface area (Å²) in [5.74, 6) is -0.366. The van der Waals surface area contributed by atoms with Crippen LogP contribution in [0.1, 0.15) is 31.7 Å². The molecule has 1 rings (SSSR count). The number of benzene rings is 1. The zero-order valence-corrected chi connectivity index (χ0v) is 13.1. The minimum atomic E-state index is -0.382. The van der Waals surface area contributed by atoms with Crippen molar-refractivity contribution in [2.75, 3.05) is 18.9 Å². The second-order valence-electron chi connectivity index (χ2n) is 5.21. The molecule has 120 valence electrons. The number of anilines is 1. The van der Waals surface area contributed by atoms with Gasteiger partial charge in [-0.15, -0.1) is 0 Å². The summed E-state index contributed by atoms with van der Waals surface area (Å²) in [5, 5.41) is 2.87. The number of carbonyl (C=O) groups excluding carboxylic acids is 2. The van der Waals surface area contributed by atoms with E-state index in [1.807, 2.05) is 24.3 Å². The minimum absolute atomic E-state index is 0.0154. The highest BCUT2D eigenvalue weighted by atomic mass is 16.5. The molecule has 1 aromatic rings. The van der Waals surface area contributed by atoms with Gasteiger partial charge in [0.25, 0.3) is 0 Å². The summed E-state index contributed by atoms with van der Waals surface area (Å²) in [6, 6.07) is 7.61. The number of rotatable bonds is 9. The fourth-order valence-electron chi connectivity index (χ4n) is 1.79. The fraction of sp³-hybridized carbons (Fsp3) is 0.412. The molecule has 3 N–H and O–H groups in total. The number of nitrogen functional groups attached to an aromatic ring is 1. The smallest absolute Gasteiger partial charge is 0.333 e. The van der Waals surface area contributed by atoms with E-state index in [0.717, 1.165) is 17.7 Å². The molecule has 0 fully saturated rings. The third-order valence-corrected chi connectivity index (χ3v) is 3.10. The van der Waals surface area contributed by atoms with Gasteiger partial charge in [-0.2, -0.15) is 0 Å². The lowest BCUT2D eigenvalue weighted by atomic mass is 10.1. The van der Waals surface area contributed by atoms with E-state index >= 15 is 0 Å². The van der Waals surface area contributed by atoms with Gasteiger partial charge in [0.2, 0.25) is 5.91 Å². The van der Waals surface area contributed by atoms with Gasteiger partial charge in [-0.25, -0.2) is 4.79 Å². The van der Waals surface area contributed by atoms with Crippen LogP contribution in [0.25, 0.3) is 0 Å². The first-order valence-electron chi connectivity index (χ1n) is 7.43. The molecule has 5 heteroatoms. The predicted molar refractivity (Wildman–Crippen MR) is 87.2 cm³/mol. The molecule has 0 aliphatic carbocycles. The van der Waals surface area contributed by atoms with Crippen LogP contribution in [0.5, 0.6) is 0 Å². The summed E-state index contributed by atoms with van der Waals surface area (Å²) < 4.78 is 4.95. The molecule has 22 heavy (non-hydrogen) atoms. The molecule has 0 radical (unpaired) electrons. The lowest BCUT2D eigenvalue weighted by Gasteiger charge is -2.06. The second kappa shape index (κ2) is 9.60. The van der Waals surface area contributed by atoms with Crippen LogP contribution in [-0.2, 0) is 20.7 Å². The predicted octanol–water partition coefficient (Wildman–Crippen LogP) is 2.22. The van der Waals surface area contributed by atoms with E-state index in [4.69, 9.17) is 10.5 Å². The van der Waals surface area contributed by atoms with Crippen LogP contribution in [0, 0.1) is 0 Å². The van der Waals surface area contributed by atoms with Crippen molar-refractivity contribution in [1.29, 1.82) is 0 Å². The summed E-state index contributed by atoms with van der Waals surface area (Å²) in [4.78, 5) is 22.8. The van der Waals surface area contributed by atoms with Gasteiger partial charge < -0.3 is 15.8 Å². The first kappa shape index (κ1) is 17.8. The van der Waals surface area contributed by atoms with Crippen molar-refractivity contribution in [3.63, 3.8) is 0 Å². The van der Waals surface area contributed by atoms with Gasteiger partial charge in [-0.1, -0.05) is 18.7 Å². The number of amides is 1. The standard InChI is InChI=1S/C17H24N2O3/c1-13(2)17(21)22-12-4-3-5-16(20)19-11-10-14-6-8-15(18)9-7-14/h6-9H,1,3-5,10-12,18H2,2H3,(H,19,20). The van der Waals surface area contributed by atoms with Gasteiger partial charge in [0.1, 0.15) is 0 Å². The van der Waals surface area contributed by atoms with Crippen molar-refractivity contribution in [3.05, 3.63) is 42.0 Å². The van der Waals surface area contributed by atoms with Gasteiger partial charge in [0.15, 0.2) is 0 Å². The molecule has 5 nitrogen and oxygen atoms in total. The van der Waals surface area contributed by atoms with E-state index in [2.05, 4.69) is 11.9 Å². The van der Waals surface area contributed by atoms with Crippen LogP contribution in [-0.4, -0.2) is 25.0 Å². The van der Waals surface area contributed by atoms with Crippen molar-refractivity contribution in [2.24, 2.45) is 0 Å². The largest absolute Gasteiger partial charge is 0.462 e. The van der Waals surface area contributed by atoms with Crippen LogP contribution in [0.4, 0.5) is 5.69 Å². The number of nitrogens with one attached hydrogen (secondary N) is 1. The SMILES string of the molecule is C=C(C)C(=O)OCCCCC(=O)NCCc1ccc(N)cc1. The van der Waals surface area contributed by atoms with Crippen molar-refractivity contribution >= 4 is 17.6 Å². The summed E-state index contributed by atoms with van der Waals surface area (Å²) in [6.07, 6.45) is 2.58. The number of hydrogen-bond acceptors (Lipinski definition) is 4. The zero-order valence-electron chi connectivity index (χ0n) is 13.1. The van der Waals surface area contributed by atoms with Crippen molar-refractivity contribution in [3.8, 4) is 0 Å². The number of hydrogen-bond donors (Lipinski definition) is 2. The molecule has 0 unspecified atom stereocenters. The Bertz CT molecular complexity index is 509. The Labute approximate surface area is 131 Å². The molecule has 0 bridgehead atoms. The molecule has 1 aromatic carbocycles. The van der Waals surface area contributed by atoms with E-state index < -0.39 is 0 Å². The highest BCUT2D eigenvalue weighted by molar-refractivity contribution is 5.86. The average Bonchev–Trinajstić information content (AvgIpc) is 2.48. The topological polar surface area (TPSA) is 81.4 Å². The molecule has 0 heterocycles. The van der Waals surface area contributed by atoms with Crippen molar-refractivity contribution in [2.45, 2.75) is 32.6 Å². The molecule has 0 aliphatic heterocycles. The van der Waals surface area contributed by atoms with Gasteiger partial charge in [0, 0.05) is 24.2 Å². The third kappa shape index (κ3) is 7.47. The molecule has 0 aromatic heterocycles. The Morgan fingerprint density at radius 3 is 2.55 bits per heavy atom. The molecular formula is C17H24N2O3. The Morgan fingerprint density at radius 2 is 1.91 bits per heavy atom. The maximum absolute atomic E-state index is 11.6. The maximum Gasteiger partial charge on any atom is 0.333 e. The molecular weight excluding hydrogens is 280 g/mol. The monoisotopic (exact) mass is 304 g/mol. The minimum Gasteiger partial charge on any atom is -0.462 e. The number of unbranched alkanes of at least 4 members (excludes halogenated alkanes) is 1. The average molecular weight is 304 g/mol. The van der Waals surface area contributed by atoms with Gasteiger partial charge in [0.05, 0.1) is 6.61 Å². The molecule has 0 atom stereocenters. The lowest BCUT2D eigenvalue weighted by molar-refractivity contribution is -0.139. The number of nitrogens with two attached hydrogens (primary N) is 1. The van der Waals surface area contributed by atoms with Crippen molar-refractivity contribution in [1.82, 2.24) is 5.32 Å². The van der Waals surface area contributed by atoms with Crippen LogP contribution in [0.2, 0.25) is 0 Å². The Balaban J connectivity index is 2.05. The van der Waals surface area contributed by atoms with Crippen LogP contribution >= 0.6 is 0 Å². The van der Waals surface area contributed by atoms with Crippen molar-refractivity contribution < 1.29 is 14.3 Å². The third-order valence-electron chi connectivity index (χ3n) is 3.10. The molecule has 0 saturated carbocycles. The maximum atomic E-state index is 11.6. The second-order valence-corrected chi connectivity index (χ2v) is 5.21. The first-order chi connectivity index (χ1) is 10.5. The van der Waals surface area contributed by atoms with Gasteiger partial charge in [-0.3, -0.25) is 4.79 Å². The van der Waals surface area contributed by atoms with E-state index in [1.165, 1.54) is 0 Å². The number of esters is 1. The fourth-order valence-corrected chi connectivity index (χ4v) is 1.79. The lowest BCUT2D eigenvalue weighted by Crippen LogP contribution is -2.25. The summed E-state index contributed by atoms with van der Waals surface area (Å²) in [5.41, 5.74) is 7.88. The van der Waals surface area contributed by atoms with E-state index in [9.17, 15) is 9.59 Å². The Hall–Kier alpha value is -2.30. The van der Waals surface area contributed by atoms with E-state index in [0.29, 0.717) is 38.0 Å². The normalized spacial score (nSPS) is 10.0. The Morgan fingerprint density at radius 1 is 1.23 bits per heavy atom. The summed E-state index contributed by atoms with van der Waals surface area (Å²) in [6.45, 7) is 6.04. The number of ether oxygens (including phenoxy) is 1. The van der Waals surface area contributed by atoms with Crippen LogP contribution in [0.3, 0.4) is 0 Å². The molecule has 0 spiro atoms. The van der Waals surface area contributed by atoms with Gasteiger partial charge in [-0.05, 0) is 43.9 Å². The van der Waals surface area contributed by atoms with Gasteiger partial charge >= 0.3 is 5.97 Å². The first-order valence-corrected chi connectivity index (χ1v) is 7.43. The quantitative estimate of drug-likeness (QED) is 0.317. The highest BCUT2D eigenvalue weighted by Gasteiger charge is 2.04. The van der Waals surface area contributed by atoms with Crippen LogP contribution in [0.15, 0.2) is 36.4 Å². The number of carbonyl (C=O) groups is 2. The van der Waals surface area contributed by atoms with Crippen LogP contribution < -0.4 is 11.1 Å². The van der Waals surface area contributed by atoms with E-state index in [-0.39, 0.29) is 11.9 Å². The Kier molecular flexibility index (Phi) is 7.75. The summed E-state index contributed by atoms with van der Waals surface area (Å²) in [7, 11) is 0. The molecule has 0 aliphatic rings. The molecule has 1 amide bonds. The van der Waals surface area contributed by atoms with E-state index in [1.54, 1.807) is 6.92 Å².